The van der Waals surface area contributed by atoms with Gasteiger partial charge in [0.05, 0.1) is 0 Å². The quantitative estimate of drug-likeness (QED) is 0.835. The molecule has 0 aromatic heterocycles. The maximum atomic E-state index is 12.5. The van der Waals surface area contributed by atoms with Gasteiger partial charge in [-0.25, -0.2) is 0 Å². The van der Waals surface area contributed by atoms with Crippen molar-refractivity contribution in [3.8, 4) is 5.75 Å². The number of benzene rings is 2. The molecule has 0 radical (unpaired) electrons. The topological polar surface area (TPSA) is 50.4 Å². The van der Waals surface area contributed by atoms with Gasteiger partial charge in [0.25, 0.3) is 0 Å². The second kappa shape index (κ2) is 8.37. The lowest BCUT2D eigenvalue weighted by Crippen LogP contribution is -2.40. The lowest BCUT2D eigenvalue weighted by atomic mass is 9.92. The van der Waals surface area contributed by atoms with E-state index in [-0.39, 0.29) is 17.9 Å². The van der Waals surface area contributed by atoms with Crippen molar-refractivity contribution in [2.45, 2.75) is 45.8 Å². The van der Waals surface area contributed by atoms with Crippen molar-refractivity contribution < 1.29 is 9.53 Å². The van der Waals surface area contributed by atoms with Crippen molar-refractivity contribution >= 4 is 11.6 Å². The Bertz CT molecular complexity index is 745. The maximum absolute atomic E-state index is 12.5. The zero-order valence-electron chi connectivity index (χ0n) is 15.8. The van der Waals surface area contributed by atoms with Crippen LogP contribution in [0.4, 0.5) is 5.69 Å². The average Bonchev–Trinajstić information content (AvgIpc) is 2.64. The Morgan fingerprint density at radius 2 is 2.00 bits per heavy atom. The van der Waals surface area contributed by atoms with Gasteiger partial charge in [-0.3, -0.25) is 4.79 Å². The fourth-order valence-corrected chi connectivity index (χ4v) is 3.45. The Labute approximate surface area is 156 Å². The number of carbonyl (C=O) groups excluding carboxylic acids is 1. The molecule has 4 nitrogen and oxygen atoms in total. The minimum absolute atomic E-state index is 0.0210. The fourth-order valence-electron chi connectivity index (χ4n) is 3.45. The van der Waals surface area contributed by atoms with Crippen LogP contribution < -0.4 is 15.4 Å². The second-order valence-electron chi connectivity index (χ2n) is 7.21. The van der Waals surface area contributed by atoms with Gasteiger partial charge in [0.15, 0.2) is 0 Å². The number of hydrogen-bond acceptors (Lipinski definition) is 3. The molecule has 2 aromatic carbocycles. The van der Waals surface area contributed by atoms with Gasteiger partial charge < -0.3 is 15.4 Å². The molecule has 2 N–H and O–H groups in total. The van der Waals surface area contributed by atoms with Crippen molar-refractivity contribution in [3.05, 3.63) is 59.7 Å². The number of rotatable bonds is 5. The molecule has 0 bridgehead atoms. The molecule has 1 saturated heterocycles. The van der Waals surface area contributed by atoms with E-state index in [2.05, 4.69) is 29.7 Å². The monoisotopic (exact) mass is 352 g/mol. The van der Waals surface area contributed by atoms with E-state index in [0.717, 1.165) is 42.0 Å². The minimum atomic E-state index is -0.0210. The van der Waals surface area contributed by atoms with Crippen LogP contribution in [-0.4, -0.2) is 18.5 Å². The highest BCUT2D eigenvalue weighted by molar-refractivity contribution is 5.93. The van der Waals surface area contributed by atoms with Crippen LogP contribution in [0.1, 0.15) is 43.9 Å². The molecule has 1 aliphatic rings. The van der Waals surface area contributed by atoms with E-state index >= 15 is 0 Å². The van der Waals surface area contributed by atoms with Gasteiger partial charge in [-0.05, 0) is 69.5 Å². The smallest absolute Gasteiger partial charge is 0.227 e. The first-order valence-corrected chi connectivity index (χ1v) is 9.39. The largest absolute Gasteiger partial charge is 0.486 e. The van der Waals surface area contributed by atoms with Gasteiger partial charge in [0, 0.05) is 17.6 Å². The van der Waals surface area contributed by atoms with Crippen molar-refractivity contribution in [3.63, 3.8) is 0 Å². The van der Waals surface area contributed by atoms with Crippen molar-refractivity contribution in [1.29, 1.82) is 0 Å². The van der Waals surface area contributed by atoms with Crippen LogP contribution >= 0.6 is 0 Å². The lowest BCUT2D eigenvalue weighted by Gasteiger charge is -2.27. The number of ether oxygens (including phenoxy) is 1. The first-order valence-electron chi connectivity index (χ1n) is 9.39. The van der Waals surface area contributed by atoms with Gasteiger partial charge in [0.2, 0.25) is 5.91 Å². The number of carbonyl (C=O) groups is 1. The molecule has 0 aliphatic carbocycles. The average molecular weight is 352 g/mol. The van der Waals surface area contributed by atoms with Gasteiger partial charge in [-0.15, -0.1) is 0 Å². The Morgan fingerprint density at radius 3 is 2.69 bits per heavy atom. The van der Waals surface area contributed by atoms with Gasteiger partial charge in [-0.1, -0.05) is 30.3 Å². The zero-order chi connectivity index (χ0) is 18.5. The molecule has 3 rings (SSSR count). The van der Waals surface area contributed by atoms with Crippen LogP contribution in [0, 0.1) is 12.8 Å². The molecule has 1 aliphatic heterocycles. The van der Waals surface area contributed by atoms with E-state index in [9.17, 15) is 4.79 Å². The summed E-state index contributed by atoms with van der Waals surface area (Å²) in [5.74, 6) is 1.01. The summed E-state index contributed by atoms with van der Waals surface area (Å²) in [5, 5.41) is 6.48. The molecular weight excluding hydrogens is 324 g/mol. The first kappa shape index (κ1) is 18.5. The number of anilines is 1. The molecule has 0 saturated carbocycles. The summed E-state index contributed by atoms with van der Waals surface area (Å²) in [6.07, 6.45) is 1.76. The summed E-state index contributed by atoms with van der Waals surface area (Å²) >= 11 is 0. The van der Waals surface area contributed by atoms with Crippen molar-refractivity contribution in [1.82, 2.24) is 5.32 Å². The number of hydrogen-bond donors (Lipinski definition) is 2. The molecule has 26 heavy (non-hydrogen) atoms. The molecule has 2 aromatic rings. The Morgan fingerprint density at radius 1 is 1.23 bits per heavy atom. The Kier molecular flexibility index (Phi) is 5.94. The van der Waals surface area contributed by atoms with E-state index in [4.69, 9.17) is 4.74 Å². The Hall–Kier alpha value is -2.33. The van der Waals surface area contributed by atoms with Crippen LogP contribution in [0.5, 0.6) is 5.75 Å². The molecule has 3 atom stereocenters. The lowest BCUT2D eigenvalue weighted by molar-refractivity contribution is -0.120. The predicted octanol–water partition coefficient (Wildman–Crippen LogP) is 4.46. The molecule has 1 unspecified atom stereocenters. The number of amides is 1. The van der Waals surface area contributed by atoms with Crippen molar-refractivity contribution in [2.75, 3.05) is 11.9 Å². The molecule has 1 fully saturated rings. The summed E-state index contributed by atoms with van der Waals surface area (Å²) in [4.78, 5) is 12.5. The molecule has 138 valence electrons. The van der Waals surface area contributed by atoms with E-state index in [1.54, 1.807) is 0 Å². The van der Waals surface area contributed by atoms with Gasteiger partial charge in [-0.2, -0.15) is 0 Å². The number of piperidine rings is 1. The third kappa shape index (κ3) is 4.64. The maximum Gasteiger partial charge on any atom is 0.227 e. The SMILES string of the molecule is Cc1cc(OC(C)c2ccccc2)ccc1NC(=O)[C@H]1CCN[C@@H](C)C1. The summed E-state index contributed by atoms with van der Waals surface area (Å²) in [5.41, 5.74) is 3.02. The standard InChI is InChI=1S/C22H28N2O2/c1-15-13-20(26-17(3)18-7-5-4-6-8-18)9-10-21(15)24-22(25)19-11-12-23-16(2)14-19/h4-10,13,16-17,19,23H,11-12,14H2,1-3H3,(H,24,25)/t16-,17?,19-/m0/s1. The highest BCUT2D eigenvalue weighted by Gasteiger charge is 2.25. The first-order chi connectivity index (χ1) is 12.5. The third-order valence-corrected chi connectivity index (χ3v) is 5.03. The molecule has 1 amide bonds. The number of aryl methyl sites for hydroxylation is 1. The fraction of sp³-hybridized carbons (Fsp3) is 0.409. The van der Waals surface area contributed by atoms with Gasteiger partial charge in [0.1, 0.15) is 11.9 Å². The minimum Gasteiger partial charge on any atom is -0.486 e. The van der Waals surface area contributed by atoms with E-state index in [0.29, 0.717) is 6.04 Å². The van der Waals surface area contributed by atoms with Crippen LogP contribution in [0.2, 0.25) is 0 Å². The Balaban J connectivity index is 1.63. The summed E-state index contributed by atoms with van der Waals surface area (Å²) in [6, 6.07) is 16.4. The highest BCUT2D eigenvalue weighted by atomic mass is 16.5. The van der Waals surface area contributed by atoms with Crippen LogP contribution in [0.15, 0.2) is 48.5 Å². The molecule has 0 spiro atoms. The van der Waals surface area contributed by atoms with Gasteiger partial charge >= 0.3 is 0 Å². The van der Waals surface area contributed by atoms with E-state index in [1.165, 1.54) is 0 Å². The number of nitrogens with one attached hydrogen (secondary N) is 2. The zero-order valence-corrected chi connectivity index (χ0v) is 15.8. The summed E-state index contributed by atoms with van der Waals surface area (Å²) in [6.45, 7) is 7.08. The molecule has 1 heterocycles. The van der Waals surface area contributed by atoms with Crippen LogP contribution in [-0.2, 0) is 4.79 Å². The van der Waals surface area contributed by atoms with E-state index in [1.807, 2.05) is 50.2 Å². The molecule has 4 heteroatoms. The van der Waals surface area contributed by atoms with Crippen LogP contribution in [0.3, 0.4) is 0 Å². The summed E-state index contributed by atoms with van der Waals surface area (Å²) in [7, 11) is 0. The van der Waals surface area contributed by atoms with Crippen molar-refractivity contribution in [2.24, 2.45) is 5.92 Å². The van der Waals surface area contributed by atoms with Crippen LogP contribution in [0.25, 0.3) is 0 Å². The van der Waals surface area contributed by atoms with E-state index < -0.39 is 0 Å². The molecular formula is C22H28N2O2. The predicted molar refractivity (Wildman–Crippen MR) is 105 cm³/mol. The normalized spacial score (nSPS) is 21.0. The highest BCUT2D eigenvalue weighted by Crippen LogP contribution is 2.27. The third-order valence-electron chi connectivity index (χ3n) is 5.03. The summed E-state index contributed by atoms with van der Waals surface area (Å²) < 4.78 is 6.05. The second-order valence-corrected chi connectivity index (χ2v) is 7.21.